The topological polar surface area (TPSA) is 50.2 Å². The first-order chi connectivity index (χ1) is 7.89. The van der Waals surface area contributed by atoms with E-state index in [2.05, 4.69) is 4.98 Å². The maximum atomic E-state index is 12.3. The molecular weight excluding hydrogens is 235 g/mol. The number of pyridine rings is 1. The van der Waals surface area contributed by atoms with Gasteiger partial charge in [-0.25, -0.2) is 0 Å². The molecule has 1 aliphatic carbocycles. The number of carboxylic acid groups (broad SMARTS) is 1. The number of alkyl halides is 3. The lowest BCUT2D eigenvalue weighted by molar-refractivity contribution is -0.141. The Kier molecular flexibility index (Phi) is 2.81. The van der Waals surface area contributed by atoms with Gasteiger partial charge >= 0.3 is 12.1 Å². The SMILES string of the molecule is O=C(O)C(c1ccc(C(F)(F)F)nc1)C1CC1. The van der Waals surface area contributed by atoms with Gasteiger partial charge in [-0.15, -0.1) is 0 Å². The number of nitrogens with zero attached hydrogens (tertiary/aromatic N) is 1. The highest BCUT2D eigenvalue weighted by molar-refractivity contribution is 5.76. The minimum atomic E-state index is -4.49. The fourth-order valence-electron chi connectivity index (χ4n) is 1.80. The normalized spacial score (nSPS) is 17.8. The van der Waals surface area contributed by atoms with Crippen molar-refractivity contribution in [2.45, 2.75) is 24.9 Å². The Bertz CT molecular complexity index is 423. The third kappa shape index (κ3) is 2.57. The van der Waals surface area contributed by atoms with E-state index in [9.17, 15) is 18.0 Å². The molecule has 3 nitrogen and oxygen atoms in total. The van der Waals surface area contributed by atoms with Gasteiger partial charge in [-0.05, 0) is 30.4 Å². The van der Waals surface area contributed by atoms with Gasteiger partial charge in [-0.1, -0.05) is 6.07 Å². The summed E-state index contributed by atoms with van der Waals surface area (Å²) >= 11 is 0. The molecule has 6 heteroatoms. The molecule has 1 N–H and O–H groups in total. The van der Waals surface area contributed by atoms with Gasteiger partial charge in [0.1, 0.15) is 5.69 Å². The van der Waals surface area contributed by atoms with Crippen LogP contribution in [0.1, 0.15) is 30.0 Å². The Hall–Kier alpha value is -1.59. The first-order valence-electron chi connectivity index (χ1n) is 5.15. The van der Waals surface area contributed by atoms with Crippen molar-refractivity contribution < 1.29 is 23.1 Å². The van der Waals surface area contributed by atoms with Crippen molar-refractivity contribution in [2.24, 2.45) is 5.92 Å². The highest BCUT2D eigenvalue weighted by atomic mass is 19.4. The van der Waals surface area contributed by atoms with Gasteiger partial charge in [0.15, 0.2) is 0 Å². The van der Waals surface area contributed by atoms with Crippen LogP contribution in [0.2, 0.25) is 0 Å². The van der Waals surface area contributed by atoms with Gasteiger partial charge in [-0.2, -0.15) is 13.2 Å². The molecule has 0 spiro atoms. The molecule has 1 atom stereocenters. The third-order valence-electron chi connectivity index (χ3n) is 2.80. The quantitative estimate of drug-likeness (QED) is 0.890. The molecule has 92 valence electrons. The van der Waals surface area contributed by atoms with Crippen molar-refractivity contribution >= 4 is 5.97 Å². The van der Waals surface area contributed by atoms with E-state index in [0.29, 0.717) is 5.56 Å². The average Bonchev–Trinajstić information content (AvgIpc) is 3.01. The van der Waals surface area contributed by atoms with E-state index in [-0.39, 0.29) is 5.92 Å². The number of carbonyl (C=O) groups is 1. The second kappa shape index (κ2) is 4.01. The Morgan fingerprint density at radius 2 is 2.06 bits per heavy atom. The van der Waals surface area contributed by atoms with Gasteiger partial charge < -0.3 is 5.11 Å². The van der Waals surface area contributed by atoms with E-state index in [0.717, 1.165) is 25.1 Å². The molecule has 0 amide bonds. The molecule has 1 aliphatic rings. The smallest absolute Gasteiger partial charge is 0.433 e. The van der Waals surface area contributed by atoms with Crippen LogP contribution < -0.4 is 0 Å². The zero-order chi connectivity index (χ0) is 12.6. The predicted molar refractivity (Wildman–Crippen MR) is 52.3 cm³/mol. The molecule has 0 saturated heterocycles. The first-order valence-corrected chi connectivity index (χ1v) is 5.15. The maximum Gasteiger partial charge on any atom is 0.433 e. The van der Waals surface area contributed by atoms with E-state index in [1.54, 1.807) is 0 Å². The molecular formula is C11H10F3NO2. The summed E-state index contributed by atoms with van der Waals surface area (Å²) in [5.74, 6) is -1.70. The van der Waals surface area contributed by atoms with Gasteiger partial charge in [0.25, 0.3) is 0 Å². The number of aliphatic carboxylic acids is 1. The lowest BCUT2D eigenvalue weighted by Crippen LogP contribution is -2.15. The summed E-state index contributed by atoms with van der Waals surface area (Å²) < 4.78 is 36.8. The molecule has 17 heavy (non-hydrogen) atoms. The second-order valence-corrected chi connectivity index (χ2v) is 4.13. The number of hydrogen-bond donors (Lipinski definition) is 1. The van der Waals surface area contributed by atoms with Crippen LogP contribution in [0, 0.1) is 5.92 Å². The summed E-state index contributed by atoms with van der Waals surface area (Å²) in [5.41, 5.74) is -0.658. The molecule has 0 bridgehead atoms. The Morgan fingerprint density at radius 3 is 2.41 bits per heavy atom. The molecule has 0 aromatic carbocycles. The highest BCUT2D eigenvalue weighted by Gasteiger charge is 2.38. The summed E-state index contributed by atoms with van der Waals surface area (Å²) in [5, 5.41) is 9.02. The number of rotatable bonds is 3. The van der Waals surface area contributed by atoms with Crippen LogP contribution in [0.15, 0.2) is 18.3 Å². The van der Waals surface area contributed by atoms with Gasteiger partial charge in [0, 0.05) is 6.20 Å². The Balaban J connectivity index is 2.24. The molecule has 1 heterocycles. The zero-order valence-electron chi connectivity index (χ0n) is 8.74. The van der Waals surface area contributed by atoms with E-state index in [4.69, 9.17) is 5.11 Å². The van der Waals surface area contributed by atoms with Gasteiger partial charge in [0.05, 0.1) is 5.92 Å². The number of aromatic nitrogens is 1. The second-order valence-electron chi connectivity index (χ2n) is 4.13. The van der Waals surface area contributed by atoms with Crippen LogP contribution in [0.4, 0.5) is 13.2 Å². The summed E-state index contributed by atoms with van der Waals surface area (Å²) in [6.07, 6.45) is -1.87. The lowest BCUT2D eigenvalue weighted by atomic mass is 9.96. The summed E-state index contributed by atoms with van der Waals surface area (Å²) in [7, 11) is 0. The van der Waals surface area contributed by atoms with Crippen molar-refractivity contribution in [3.05, 3.63) is 29.6 Å². The molecule has 1 fully saturated rings. The molecule has 1 aromatic rings. The minimum absolute atomic E-state index is 0.0334. The van der Waals surface area contributed by atoms with Crippen LogP contribution in [0.5, 0.6) is 0 Å². The monoisotopic (exact) mass is 245 g/mol. The van der Waals surface area contributed by atoms with Crippen molar-refractivity contribution in [3.63, 3.8) is 0 Å². The van der Waals surface area contributed by atoms with Crippen LogP contribution in [0.3, 0.4) is 0 Å². The van der Waals surface area contributed by atoms with E-state index in [1.807, 2.05) is 0 Å². The Labute approximate surface area is 95.3 Å². The van der Waals surface area contributed by atoms with E-state index < -0.39 is 23.8 Å². The number of carboxylic acids is 1. The molecule has 0 aliphatic heterocycles. The minimum Gasteiger partial charge on any atom is -0.481 e. The van der Waals surface area contributed by atoms with Crippen molar-refractivity contribution in [3.8, 4) is 0 Å². The summed E-state index contributed by atoms with van der Waals surface area (Å²) in [6.45, 7) is 0. The van der Waals surface area contributed by atoms with E-state index >= 15 is 0 Å². The number of halogens is 3. The standard InChI is InChI=1S/C11H10F3NO2/c12-11(13,14)8-4-3-7(5-15-8)9(10(16)17)6-1-2-6/h3-6,9H,1-2H2,(H,16,17). The molecule has 2 rings (SSSR count). The fourth-order valence-corrected chi connectivity index (χ4v) is 1.80. The van der Waals surface area contributed by atoms with Crippen molar-refractivity contribution in [2.75, 3.05) is 0 Å². The molecule has 0 radical (unpaired) electrons. The van der Waals surface area contributed by atoms with Crippen LogP contribution in [-0.4, -0.2) is 16.1 Å². The zero-order valence-corrected chi connectivity index (χ0v) is 8.74. The number of hydrogen-bond acceptors (Lipinski definition) is 2. The summed E-state index contributed by atoms with van der Waals surface area (Å²) in [4.78, 5) is 14.3. The lowest BCUT2D eigenvalue weighted by Gasteiger charge is -2.12. The van der Waals surface area contributed by atoms with Gasteiger partial charge in [0.2, 0.25) is 0 Å². The maximum absolute atomic E-state index is 12.3. The molecule has 1 saturated carbocycles. The Morgan fingerprint density at radius 1 is 1.41 bits per heavy atom. The van der Waals surface area contributed by atoms with Crippen LogP contribution in [0.25, 0.3) is 0 Å². The fraction of sp³-hybridized carbons (Fsp3) is 0.455. The predicted octanol–water partition coefficient (Wildman–Crippen LogP) is 2.68. The highest BCUT2D eigenvalue weighted by Crippen LogP contribution is 2.42. The van der Waals surface area contributed by atoms with Gasteiger partial charge in [-0.3, -0.25) is 9.78 Å². The first kappa shape index (κ1) is 11.9. The molecule has 1 aromatic heterocycles. The average molecular weight is 245 g/mol. The van der Waals surface area contributed by atoms with Crippen LogP contribution in [-0.2, 0) is 11.0 Å². The van der Waals surface area contributed by atoms with Crippen molar-refractivity contribution in [1.29, 1.82) is 0 Å². The summed E-state index contributed by atoms with van der Waals surface area (Å²) in [6, 6.07) is 2.03. The molecule has 1 unspecified atom stereocenters. The largest absolute Gasteiger partial charge is 0.481 e. The van der Waals surface area contributed by atoms with E-state index in [1.165, 1.54) is 6.07 Å². The third-order valence-corrected chi connectivity index (χ3v) is 2.80. The van der Waals surface area contributed by atoms with Crippen molar-refractivity contribution in [1.82, 2.24) is 4.98 Å². The van der Waals surface area contributed by atoms with Crippen LogP contribution >= 0.6 is 0 Å².